The van der Waals surface area contributed by atoms with E-state index in [0.717, 1.165) is 0 Å². The Labute approximate surface area is 91.2 Å². The third-order valence-electron chi connectivity index (χ3n) is 2.45. The van der Waals surface area contributed by atoms with Gasteiger partial charge >= 0.3 is 11.9 Å². The molecule has 7 heteroatoms. The highest BCUT2D eigenvalue weighted by Gasteiger charge is 2.35. The van der Waals surface area contributed by atoms with E-state index in [1.54, 1.807) is 0 Å². The largest absolute Gasteiger partial charge is 0.480 e. The minimum atomic E-state index is -1.29. The number of halogens is 1. The standard InChI is InChI=1S/C9H14FNO5/c10-4-1-5(2-4)16-7(9(14)15)3-6(11)8(12)13/h4-7H,1-3,11H2,(H,12,13)(H,14,15)/i10+0. The summed E-state index contributed by atoms with van der Waals surface area (Å²) in [7, 11) is 0. The Morgan fingerprint density at radius 2 is 1.94 bits per heavy atom. The van der Waals surface area contributed by atoms with Crippen LogP contribution in [0.5, 0.6) is 0 Å². The van der Waals surface area contributed by atoms with Crippen LogP contribution >= 0.6 is 0 Å². The van der Waals surface area contributed by atoms with Crippen LogP contribution in [0.3, 0.4) is 0 Å². The molecular formula is C9H14FNO5. The number of hydrogen-bond acceptors (Lipinski definition) is 4. The first-order valence-electron chi connectivity index (χ1n) is 4.91. The quantitative estimate of drug-likeness (QED) is 0.586. The second kappa shape index (κ2) is 5.22. The van der Waals surface area contributed by atoms with E-state index >= 15 is 0 Å². The zero-order chi connectivity index (χ0) is 12.3. The normalized spacial score (nSPS) is 27.9. The summed E-state index contributed by atoms with van der Waals surface area (Å²) in [6, 6.07) is -1.29. The molecule has 2 unspecified atom stereocenters. The molecule has 4 N–H and O–H groups in total. The number of hydrogen-bond donors (Lipinski definition) is 3. The molecular weight excluding hydrogens is 221 g/mol. The van der Waals surface area contributed by atoms with Crippen molar-refractivity contribution in [2.24, 2.45) is 5.73 Å². The minimum Gasteiger partial charge on any atom is -0.480 e. The van der Waals surface area contributed by atoms with Gasteiger partial charge in [0, 0.05) is 19.3 Å². The van der Waals surface area contributed by atoms with Crippen molar-refractivity contribution in [3.8, 4) is 0 Å². The summed E-state index contributed by atoms with van der Waals surface area (Å²) in [5, 5.41) is 17.3. The Morgan fingerprint density at radius 1 is 1.38 bits per heavy atom. The third kappa shape index (κ3) is 3.42. The lowest BCUT2D eigenvalue weighted by molar-refractivity contribution is -0.163. The summed E-state index contributed by atoms with van der Waals surface area (Å²) < 4.78 is 17.5. The van der Waals surface area contributed by atoms with Crippen LogP contribution in [0.25, 0.3) is 0 Å². The van der Waals surface area contributed by atoms with Crippen LogP contribution < -0.4 is 5.73 Å². The van der Waals surface area contributed by atoms with Crippen molar-refractivity contribution in [3.63, 3.8) is 0 Å². The third-order valence-corrected chi connectivity index (χ3v) is 2.45. The maximum Gasteiger partial charge on any atom is 0.332 e. The van der Waals surface area contributed by atoms with Crippen LogP contribution in [-0.2, 0) is 14.3 Å². The molecule has 1 aliphatic rings. The van der Waals surface area contributed by atoms with Gasteiger partial charge in [-0.3, -0.25) is 4.79 Å². The number of carboxylic acid groups (broad SMARTS) is 2. The summed E-state index contributed by atoms with van der Waals surface area (Å²) in [4.78, 5) is 21.2. The highest BCUT2D eigenvalue weighted by Crippen LogP contribution is 2.27. The predicted octanol–water partition coefficient (Wildman–Crippen LogP) is -0.241. The van der Waals surface area contributed by atoms with Gasteiger partial charge in [0.05, 0.1) is 6.10 Å². The van der Waals surface area contributed by atoms with Gasteiger partial charge in [-0.15, -0.1) is 0 Å². The molecule has 0 aromatic heterocycles. The fourth-order valence-electron chi connectivity index (χ4n) is 1.39. The van der Waals surface area contributed by atoms with E-state index in [1.807, 2.05) is 0 Å². The van der Waals surface area contributed by atoms with Crippen LogP contribution in [0.2, 0.25) is 0 Å². The number of aliphatic carboxylic acids is 2. The van der Waals surface area contributed by atoms with Crippen LogP contribution in [0.4, 0.5) is 4.39 Å². The lowest BCUT2D eigenvalue weighted by Gasteiger charge is -2.32. The van der Waals surface area contributed by atoms with Crippen LogP contribution in [0.15, 0.2) is 0 Å². The van der Waals surface area contributed by atoms with E-state index in [9.17, 15) is 14.0 Å². The van der Waals surface area contributed by atoms with Gasteiger partial charge in [0.25, 0.3) is 0 Å². The molecule has 0 spiro atoms. The van der Waals surface area contributed by atoms with Crippen molar-refractivity contribution in [2.75, 3.05) is 0 Å². The molecule has 2 atom stereocenters. The van der Waals surface area contributed by atoms with Crippen molar-refractivity contribution in [3.05, 3.63) is 0 Å². The molecule has 16 heavy (non-hydrogen) atoms. The molecule has 1 fully saturated rings. The Bertz CT molecular complexity index is 279. The molecule has 0 aromatic carbocycles. The average Bonchev–Trinajstić information content (AvgIpc) is 2.13. The molecule has 1 saturated carbocycles. The Balaban J connectivity index is 2.42. The molecule has 1 aliphatic carbocycles. The van der Waals surface area contributed by atoms with E-state index in [4.69, 9.17) is 20.7 Å². The van der Waals surface area contributed by atoms with Gasteiger partial charge in [0.2, 0.25) is 0 Å². The Morgan fingerprint density at radius 3 is 2.31 bits per heavy atom. The summed E-state index contributed by atoms with van der Waals surface area (Å²) in [5.41, 5.74) is 5.20. The molecule has 0 amide bonds. The smallest absolute Gasteiger partial charge is 0.332 e. The van der Waals surface area contributed by atoms with Crippen LogP contribution in [0, 0.1) is 0 Å². The topological polar surface area (TPSA) is 110 Å². The van der Waals surface area contributed by atoms with Gasteiger partial charge in [0.1, 0.15) is 12.2 Å². The molecule has 92 valence electrons. The lowest BCUT2D eigenvalue weighted by atomic mass is 9.93. The molecule has 0 saturated heterocycles. The molecule has 0 bridgehead atoms. The van der Waals surface area contributed by atoms with Gasteiger partial charge in [0.15, 0.2) is 6.10 Å². The number of nitrogens with two attached hydrogens (primary N) is 1. The SMILES string of the molecule is NC(CC(OC1CC([19F])C1)C(=O)O)C(=O)O. The molecule has 6 nitrogen and oxygen atoms in total. The van der Waals surface area contributed by atoms with Crippen molar-refractivity contribution in [1.82, 2.24) is 0 Å². The second-order valence-corrected chi connectivity index (χ2v) is 3.83. The number of rotatable bonds is 6. The van der Waals surface area contributed by atoms with Crippen LogP contribution in [0.1, 0.15) is 19.3 Å². The maximum absolute atomic E-state index is 12.5. The summed E-state index contributed by atoms with van der Waals surface area (Å²) >= 11 is 0. The van der Waals surface area contributed by atoms with Gasteiger partial charge in [-0.1, -0.05) is 0 Å². The summed E-state index contributed by atoms with van der Waals surface area (Å²) in [6.07, 6.45) is -2.69. The first-order chi connectivity index (χ1) is 7.40. The van der Waals surface area contributed by atoms with E-state index in [-0.39, 0.29) is 19.3 Å². The number of ether oxygens (including phenoxy) is 1. The fourth-order valence-corrected chi connectivity index (χ4v) is 1.39. The highest BCUT2D eigenvalue weighted by atomic mass is 19.1. The van der Waals surface area contributed by atoms with Gasteiger partial charge in [-0.05, 0) is 0 Å². The van der Waals surface area contributed by atoms with E-state index in [0.29, 0.717) is 0 Å². The van der Waals surface area contributed by atoms with Crippen LogP contribution in [-0.4, -0.2) is 46.6 Å². The van der Waals surface area contributed by atoms with Crippen molar-refractivity contribution in [1.29, 1.82) is 0 Å². The predicted molar refractivity (Wildman–Crippen MR) is 50.7 cm³/mol. The first kappa shape index (κ1) is 12.9. The summed E-state index contributed by atoms with van der Waals surface area (Å²) in [5.74, 6) is -2.56. The first-order valence-corrected chi connectivity index (χ1v) is 4.91. The molecule has 0 radical (unpaired) electrons. The highest BCUT2D eigenvalue weighted by molar-refractivity contribution is 5.76. The Kier molecular flexibility index (Phi) is 4.19. The van der Waals surface area contributed by atoms with E-state index in [2.05, 4.69) is 0 Å². The van der Waals surface area contributed by atoms with E-state index < -0.39 is 36.4 Å². The monoisotopic (exact) mass is 235 g/mol. The van der Waals surface area contributed by atoms with Gasteiger partial charge < -0.3 is 20.7 Å². The zero-order valence-electron chi connectivity index (χ0n) is 8.51. The fraction of sp³-hybridized carbons (Fsp3) is 0.778. The number of carbonyl (C=O) groups is 2. The molecule has 0 aromatic rings. The maximum atomic E-state index is 12.5. The molecule has 0 heterocycles. The van der Waals surface area contributed by atoms with Crippen molar-refractivity contribution >= 4 is 11.9 Å². The average molecular weight is 235 g/mol. The minimum absolute atomic E-state index is 0.159. The van der Waals surface area contributed by atoms with Crippen molar-refractivity contribution in [2.45, 2.75) is 43.7 Å². The van der Waals surface area contributed by atoms with Gasteiger partial charge in [-0.2, -0.15) is 0 Å². The lowest BCUT2D eigenvalue weighted by Crippen LogP contribution is -2.43. The molecule has 1 rings (SSSR count). The second-order valence-electron chi connectivity index (χ2n) is 3.83. The zero-order valence-corrected chi connectivity index (χ0v) is 8.51. The van der Waals surface area contributed by atoms with Crippen molar-refractivity contribution < 1.29 is 28.9 Å². The van der Waals surface area contributed by atoms with Gasteiger partial charge in [-0.25, -0.2) is 9.18 Å². The number of alkyl halides is 1. The molecule has 0 aliphatic heterocycles. The number of carboxylic acids is 2. The van der Waals surface area contributed by atoms with E-state index in [1.165, 1.54) is 0 Å². The Hall–Kier alpha value is -1.21. The summed E-state index contributed by atoms with van der Waals surface area (Å²) in [6.45, 7) is 0.